The molecule has 1 saturated carbocycles. The first-order valence-electron chi connectivity index (χ1n) is 11.3. The summed E-state index contributed by atoms with van der Waals surface area (Å²) < 4.78 is 15.9. The Hall–Kier alpha value is -2.35. The molecule has 168 valence electrons. The number of para-hydroxylation sites is 1. The first kappa shape index (κ1) is 23.3. The summed E-state index contributed by atoms with van der Waals surface area (Å²) in [5.41, 5.74) is 0.910. The maximum absolute atomic E-state index is 12.5. The number of rotatable bonds is 9. The third kappa shape index (κ3) is 6.32. The lowest BCUT2D eigenvalue weighted by atomic mass is 9.64. The minimum Gasteiger partial charge on any atom is -0.535 e. The van der Waals surface area contributed by atoms with Crippen molar-refractivity contribution in [2.75, 3.05) is 6.79 Å². The van der Waals surface area contributed by atoms with Gasteiger partial charge in [-0.05, 0) is 37.3 Å². The molecule has 31 heavy (non-hydrogen) atoms. The number of unbranched alkanes of at least 4 members (excludes halogenated alkanes) is 1. The zero-order chi connectivity index (χ0) is 22.2. The second kappa shape index (κ2) is 11.3. The number of hydrogen-bond donors (Lipinski definition) is 1. The Labute approximate surface area is 183 Å². The molecule has 0 aromatic heterocycles. The fourth-order valence-corrected chi connectivity index (χ4v) is 4.26. The van der Waals surface area contributed by atoms with Gasteiger partial charge in [0.2, 0.25) is 6.79 Å². The summed E-state index contributed by atoms with van der Waals surface area (Å²) >= 11 is 0. The van der Waals surface area contributed by atoms with E-state index in [2.05, 4.69) is 0 Å². The predicted molar refractivity (Wildman–Crippen MR) is 115 cm³/mol. The van der Waals surface area contributed by atoms with Crippen molar-refractivity contribution in [1.82, 2.24) is 0 Å². The van der Waals surface area contributed by atoms with Gasteiger partial charge in [-0.15, -0.1) is 0 Å². The van der Waals surface area contributed by atoms with Crippen molar-refractivity contribution in [3.05, 3.63) is 29.3 Å². The van der Waals surface area contributed by atoms with Crippen molar-refractivity contribution >= 4 is 24.8 Å². The molecule has 1 atom stereocenters. The molecule has 1 N–H and O–H groups in total. The summed E-state index contributed by atoms with van der Waals surface area (Å²) in [6, 6.07) is 5.06. The lowest BCUT2D eigenvalue weighted by Gasteiger charge is -2.28. The van der Waals surface area contributed by atoms with Gasteiger partial charge in [0.05, 0.1) is 5.92 Å². The molecule has 1 heterocycles. The molecule has 0 unspecified atom stereocenters. The Kier molecular flexibility index (Phi) is 8.52. The molecule has 0 radical (unpaired) electrons. The van der Waals surface area contributed by atoms with Gasteiger partial charge in [-0.25, -0.2) is 4.79 Å². The minimum atomic E-state index is -1.17. The highest BCUT2D eigenvalue weighted by Gasteiger charge is 2.37. The van der Waals surface area contributed by atoms with Gasteiger partial charge in [-0.1, -0.05) is 44.7 Å². The van der Waals surface area contributed by atoms with E-state index in [9.17, 15) is 19.4 Å². The van der Waals surface area contributed by atoms with Gasteiger partial charge in [0.1, 0.15) is 17.1 Å². The second-order valence-corrected chi connectivity index (χ2v) is 8.46. The van der Waals surface area contributed by atoms with Gasteiger partial charge < -0.3 is 19.2 Å². The van der Waals surface area contributed by atoms with Crippen molar-refractivity contribution in [2.45, 2.75) is 76.9 Å². The van der Waals surface area contributed by atoms with Crippen molar-refractivity contribution in [3.8, 4) is 5.75 Å². The summed E-state index contributed by atoms with van der Waals surface area (Å²) in [6.45, 7) is 1.58. The fraction of sp³-hybridized carbons (Fsp3) is 0.609. The maximum atomic E-state index is 12.5. The van der Waals surface area contributed by atoms with Crippen LogP contribution in [0.1, 0.15) is 80.6 Å². The molecule has 8 heteroatoms. The van der Waals surface area contributed by atoms with Gasteiger partial charge >= 0.3 is 19.1 Å². The maximum Gasteiger partial charge on any atom is 0.526 e. The average Bonchev–Trinajstić information content (AvgIpc) is 2.78. The van der Waals surface area contributed by atoms with Gasteiger partial charge in [0.15, 0.2) is 0 Å². The monoisotopic (exact) mass is 430 g/mol. The molecular weight excluding hydrogens is 399 g/mol. The highest BCUT2D eigenvalue weighted by molar-refractivity contribution is 6.47. The molecular formula is C23H31BO7. The topological polar surface area (TPSA) is 99.1 Å². The summed E-state index contributed by atoms with van der Waals surface area (Å²) in [7, 11) is -1.17. The van der Waals surface area contributed by atoms with Crippen LogP contribution in [0.4, 0.5) is 0 Å². The lowest BCUT2D eigenvalue weighted by Crippen LogP contribution is -2.36. The third-order valence-corrected chi connectivity index (χ3v) is 6.07. The van der Waals surface area contributed by atoms with E-state index in [-0.39, 0.29) is 41.2 Å². The van der Waals surface area contributed by atoms with Crippen molar-refractivity contribution in [1.29, 1.82) is 0 Å². The summed E-state index contributed by atoms with van der Waals surface area (Å²) in [5.74, 6) is -1.11. The number of fused-ring (bicyclic) bond motifs is 1. The van der Waals surface area contributed by atoms with Crippen LogP contribution in [-0.4, -0.2) is 36.7 Å². The number of ketones is 1. The number of hydrogen-bond acceptors (Lipinski definition) is 7. The average molecular weight is 430 g/mol. The van der Waals surface area contributed by atoms with E-state index in [0.717, 1.165) is 50.5 Å². The van der Waals surface area contributed by atoms with Crippen LogP contribution >= 0.6 is 0 Å². The van der Waals surface area contributed by atoms with Crippen LogP contribution in [0.15, 0.2) is 18.2 Å². The smallest absolute Gasteiger partial charge is 0.526 e. The van der Waals surface area contributed by atoms with Crippen LogP contribution in [0.25, 0.3) is 0 Å². The molecule has 1 aliphatic heterocycles. The first-order valence-corrected chi connectivity index (χ1v) is 11.3. The first-order chi connectivity index (χ1) is 15.0. The molecule has 3 rings (SSSR count). The number of carbonyl (C=O) groups is 3. The van der Waals surface area contributed by atoms with Gasteiger partial charge in [0.25, 0.3) is 0 Å². The van der Waals surface area contributed by atoms with E-state index in [1.54, 1.807) is 12.1 Å². The Bertz CT molecular complexity index is 788. The Morgan fingerprint density at radius 1 is 1.16 bits per heavy atom. The molecule has 1 aromatic rings. The van der Waals surface area contributed by atoms with E-state index in [4.69, 9.17) is 14.1 Å². The van der Waals surface area contributed by atoms with Gasteiger partial charge in [-0.2, -0.15) is 0 Å². The van der Waals surface area contributed by atoms with Crippen LogP contribution in [0.2, 0.25) is 5.82 Å². The summed E-state index contributed by atoms with van der Waals surface area (Å²) in [4.78, 5) is 36.7. The van der Waals surface area contributed by atoms with Gasteiger partial charge in [-0.3, -0.25) is 9.59 Å². The summed E-state index contributed by atoms with van der Waals surface area (Å²) in [6.07, 6.45) is 7.75. The van der Waals surface area contributed by atoms with Crippen LogP contribution < -0.4 is 4.65 Å². The van der Waals surface area contributed by atoms with E-state index < -0.39 is 19.9 Å². The van der Waals surface area contributed by atoms with Crippen LogP contribution in [0.3, 0.4) is 0 Å². The number of ether oxygens (including phenoxy) is 2. The van der Waals surface area contributed by atoms with Crippen molar-refractivity contribution in [2.24, 2.45) is 5.92 Å². The molecule has 0 bridgehead atoms. The highest BCUT2D eigenvalue weighted by atomic mass is 16.7. The van der Waals surface area contributed by atoms with Crippen LogP contribution in [-0.2, 0) is 25.5 Å². The largest absolute Gasteiger partial charge is 0.535 e. The lowest BCUT2D eigenvalue weighted by molar-refractivity contribution is -0.158. The number of Topliss-reactive ketones (excluding diaryl/α,β-unsaturated/α-hetero) is 1. The van der Waals surface area contributed by atoms with E-state index >= 15 is 0 Å². The number of carbonyl (C=O) groups excluding carboxylic acids is 3. The van der Waals surface area contributed by atoms with Crippen LogP contribution in [0.5, 0.6) is 5.75 Å². The normalized spacial score (nSPS) is 18.6. The van der Waals surface area contributed by atoms with E-state index in [1.165, 1.54) is 0 Å². The standard InChI is InChI=1S/C23H31BO7/c1-2-3-11-19(25)14-18-13-17-10-7-12-20(21(17)31-24(18)28)23(27)30-15-29-22(26)16-8-5-4-6-9-16/h7,10,12,16,18,28H,2-6,8-9,11,13-15H2,1H3/t18-/m1/s1. The van der Waals surface area contributed by atoms with Gasteiger partial charge in [0, 0.05) is 18.7 Å². The minimum absolute atomic E-state index is 0.105. The van der Waals surface area contributed by atoms with E-state index in [0.29, 0.717) is 12.8 Å². The van der Waals surface area contributed by atoms with Crippen molar-refractivity contribution < 1.29 is 33.5 Å². The zero-order valence-corrected chi connectivity index (χ0v) is 18.1. The SMILES string of the molecule is CCCCC(=O)C[C@H]1Cc2cccc(C(=O)OCOC(=O)C3CCCCC3)c2OB1O. The van der Waals surface area contributed by atoms with E-state index in [1.807, 2.05) is 13.0 Å². The zero-order valence-electron chi connectivity index (χ0n) is 18.1. The molecule has 1 aromatic carbocycles. The highest BCUT2D eigenvalue weighted by Crippen LogP contribution is 2.36. The molecule has 0 amide bonds. The van der Waals surface area contributed by atoms with Crippen LogP contribution in [0, 0.1) is 5.92 Å². The Morgan fingerprint density at radius 3 is 2.68 bits per heavy atom. The quantitative estimate of drug-likeness (QED) is 0.361. The fourth-order valence-electron chi connectivity index (χ4n) is 4.26. The molecule has 0 saturated heterocycles. The van der Waals surface area contributed by atoms with Crippen molar-refractivity contribution in [3.63, 3.8) is 0 Å². The molecule has 7 nitrogen and oxygen atoms in total. The molecule has 2 aliphatic rings. The second-order valence-electron chi connectivity index (χ2n) is 8.46. The predicted octanol–water partition coefficient (Wildman–Crippen LogP) is 3.86. The third-order valence-electron chi connectivity index (χ3n) is 6.07. The molecule has 1 fully saturated rings. The number of benzene rings is 1. The number of esters is 2. The Morgan fingerprint density at radius 2 is 1.94 bits per heavy atom. The molecule has 1 aliphatic carbocycles. The summed E-state index contributed by atoms with van der Waals surface area (Å²) in [5, 5.41) is 10.4. The Balaban J connectivity index is 1.56. The molecule has 0 spiro atoms.